The van der Waals surface area contributed by atoms with Crippen molar-refractivity contribution in [3.05, 3.63) is 46.6 Å². The van der Waals surface area contributed by atoms with Crippen molar-refractivity contribution in [2.45, 2.75) is 6.54 Å². The van der Waals surface area contributed by atoms with Gasteiger partial charge in [0.25, 0.3) is 0 Å². The number of amides is 1. The topological polar surface area (TPSA) is 59.5 Å². The molecule has 1 amide bonds. The number of benzene rings is 1. The van der Waals surface area contributed by atoms with Gasteiger partial charge >= 0.3 is 0 Å². The first-order valence-corrected chi connectivity index (χ1v) is 6.65. The number of likely N-dealkylation sites (N-methyl/N-ethyl adjacent to an activating group) is 1. The molecule has 0 atom stereocenters. The van der Waals surface area contributed by atoms with Gasteiger partial charge in [0, 0.05) is 10.0 Å². The average molecular weight is 323 g/mol. The minimum Gasteiger partial charge on any atom is -0.460 e. The molecule has 2 N–H and O–H groups in total. The standard InChI is InChI=1S/C14H15BrN2O2/c1-17(9-14(16)18)8-12-6-7-13(19-12)10-2-4-11(15)5-3-10/h2-7H,8-9H2,1H3,(H2,16,18). The van der Waals surface area contributed by atoms with E-state index in [2.05, 4.69) is 15.9 Å². The highest BCUT2D eigenvalue weighted by molar-refractivity contribution is 9.10. The number of rotatable bonds is 5. The minimum absolute atomic E-state index is 0.217. The lowest BCUT2D eigenvalue weighted by molar-refractivity contribution is -0.119. The third-order valence-corrected chi connectivity index (χ3v) is 3.17. The molecule has 0 saturated carbocycles. The Bertz CT molecular complexity index is 563. The second-order valence-electron chi connectivity index (χ2n) is 4.41. The van der Waals surface area contributed by atoms with Crippen LogP contribution >= 0.6 is 15.9 Å². The second-order valence-corrected chi connectivity index (χ2v) is 5.33. The molecule has 0 aliphatic rings. The first-order chi connectivity index (χ1) is 9.04. The third-order valence-electron chi connectivity index (χ3n) is 2.64. The number of primary amides is 1. The van der Waals surface area contributed by atoms with Gasteiger partial charge in [0.2, 0.25) is 5.91 Å². The summed E-state index contributed by atoms with van der Waals surface area (Å²) in [5, 5.41) is 0. The van der Waals surface area contributed by atoms with Crippen LogP contribution in [-0.4, -0.2) is 24.4 Å². The maximum absolute atomic E-state index is 10.8. The van der Waals surface area contributed by atoms with E-state index in [1.165, 1.54) is 0 Å². The summed E-state index contributed by atoms with van der Waals surface area (Å²) >= 11 is 3.40. The summed E-state index contributed by atoms with van der Waals surface area (Å²) in [7, 11) is 1.83. The van der Waals surface area contributed by atoms with Crippen molar-refractivity contribution in [1.82, 2.24) is 4.90 Å². The summed E-state index contributed by atoms with van der Waals surface area (Å²) < 4.78 is 6.78. The zero-order valence-electron chi connectivity index (χ0n) is 10.6. The fraction of sp³-hybridized carbons (Fsp3) is 0.214. The number of nitrogens with two attached hydrogens (primary N) is 1. The van der Waals surface area contributed by atoms with E-state index in [-0.39, 0.29) is 12.5 Å². The molecule has 1 aromatic carbocycles. The van der Waals surface area contributed by atoms with E-state index < -0.39 is 0 Å². The molecule has 0 spiro atoms. The van der Waals surface area contributed by atoms with Crippen LogP contribution in [0.4, 0.5) is 0 Å². The Morgan fingerprint density at radius 3 is 2.58 bits per heavy atom. The van der Waals surface area contributed by atoms with E-state index in [1.807, 2.05) is 48.3 Å². The van der Waals surface area contributed by atoms with Crippen LogP contribution in [0.1, 0.15) is 5.76 Å². The van der Waals surface area contributed by atoms with E-state index in [4.69, 9.17) is 10.2 Å². The predicted molar refractivity (Wildman–Crippen MR) is 77.4 cm³/mol. The Labute approximate surface area is 120 Å². The number of carbonyl (C=O) groups excluding carboxylic acids is 1. The predicted octanol–water partition coefficient (Wildman–Crippen LogP) is 2.63. The maximum Gasteiger partial charge on any atom is 0.231 e. The van der Waals surface area contributed by atoms with E-state index >= 15 is 0 Å². The molecule has 0 aliphatic carbocycles. The fourth-order valence-electron chi connectivity index (χ4n) is 1.82. The molecule has 100 valence electrons. The Morgan fingerprint density at radius 1 is 1.26 bits per heavy atom. The first kappa shape index (κ1) is 13.8. The summed E-state index contributed by atoms with van der Waals surface area (Å²) in [5.41, 5.74) is 6.16. The molecular formula is C14H15BrN2O2. The highest BCUT2D eigenvalue weighted by Crippen LogP contribution is 2.24. The number of carbonyl (C=O) groups is 1. The molecule has 1 aromatic heterocycles. The van der Waals surface area contributed by atoms with Crippen molar-refractivity contribution in [2.24, 2.45) is 5.73 Å². The summed E-state index contributed by atoms with van der Waals surface area (Å²) in [5.74, 6) is 1.28. The molecule has 19 heavy (non-hydrogen) atoms. The van der Waals surface area contributed by atoms with Crippen LogP contribution in [-0.2, 0) is 11.3 Å². The largest absolute Gasteiger partial charge is 0.460 e. The Hall–Kier alpha value is -1.59. The molecule has 0 unspecified atom stereocenters. The lowest BCUT2D eigenvalue weighted by Crippen LogP contribution is -2.30. The molecule has 0 aliphatic heterocycles. The molecule has 2 rings (SSSR count). The fourth-order valence-corrected chi connectivity index (χ4v) is 2.08. The zero-order valence-corrected chi connectivity index (χ0v) is 12.2. The van der Waals surface area contributed by atoms with E-state index in [1.54, 1.807) is 0 Å². The second kappa shape index (κ2) is 6.04. The lowest BCUT2D eigenvalue weighted by Gasteiger charge is -2.11. The van der Waals surface area contributed by atoms with Gasteiger partial charge in [-0.15, -0.1) is 0 Å². The Morgan fingerprint density at radius 2 is 1.95 bits per heavy atom. The van der Waals surface area contributed by atoms with Crippen molar-refractivity contribution in [3.8, 4) is 11.3 Å². The van der Waals surface area contributed by atoms with Crippen LogP contribution in [0.3, 0.4) is 0 Å². The van der Waals surface area contributed by atoms with Gasteiger partial charge in [0.05, 0.1) is 13.1 Å². The van der Waals surface area contributed by atoms with Gasteiger partial charge in [0.15, 0.2) is 0 Å². The minimum atomic E-state index is -0.345. The van der Waals surface area contributed by atoms with Crippen LogP contribution in [0.2, 0.25) is 0 Å². The third kappa shape index (κ3) is 3.94. The first-order valence-electron chi connectivity index (χ1n) is 5.86. The molecule has 1 heterocycles. The van der Waals surface area contributed by atoms with Crippen LogP contribution < -0.4 is 5.73 Å². The van der Waals surface area contributed by atoms with Crippen molar-refractivity contribution in [3.63, 3.8) is 0 Å². The Kier molecular flexibility index (Phi) is 4.39. The van der Waals surface area contributed by atoms with Gasteiger partial charge in [0.1, 0.15) is 11.5 Å². The number of nitrogens with zero attached hydrogens (tertiary/aromatic N) is 1. The highest BCUT2D eigenvalue weighted by atomic mass is 79.9. The van der Waals surface area contributed by atoms with Crippen molar-refractivity contribution in [2.75, 3.05) is 13.6 Å². The van der Waals surface area contributed by atoms with Gasteiger partial charge < -0.3 is 10.2 Å². The number of furan rings is 1. The number of hydrogen-bond acceptors (Lipinski definition) is 3. The smallest absolute Gasteiger partial charge is 0.231 e. The quantitative estimate of drug-likeness (QED) is 0.920. The van der Waals surface area contributed by atoms with Crippen LogP contribution in [0.15, 0.2) is 45.3 Å². The SMILES string of the molecule is CN(CC(N)=O)Cc1ccc(-c2ccc(Br)cc2)o1. The van der Waals surface area contributed by atoms with Gasteiger partial charge in [-0.25, -0.2) is 0 Å². The average Bonchev–Trinajstić information content (AvgIpc) is 2.77. The molecule has 4 nitrogen and oxygen atoms in total. The van der Waals surface area contributed by atoms with Gasteiger partial charge in [-0.3, -0.25) is 9.69 Å². The van der Waals surface area contributed by atoms with E-state index in [9.17, 15) is 4.79 Å². The maximum atomic E-state index is 10.8. The van der Waals surface area contributed by atoms with Gasteiger partial charge in [-0.05, 0) is 31.3 Å². The van der Waals surface area contributed by atoms with Crippen molar-refractivity contribution >= 4 is 21.8 Å². The highest BCUT2D eigenvalue weighted by Gasteiger charge is 2.08. The van der Waals surface area contributed by atoms with Crippen molar-refractivity contribution < 1.29 is 9.21 Å². The number of halogens is 1. The van der Waals surface area contributed by atoms with Crippen LogP contribution in [0.25, 0.3) is 11.3 Å². The lowest BCUT2D eigenvalue weighted by atomic mass is 10.2. The van der Waals surface area contributed by atoms with Crippen LogP contribution in [0, 0.1) is 0 Å². The summed E-state index contributed by atoms with van der Waals surface area (Å²) in [6.45, 7) is 0.772. The molecule has 0 bridgehead atoms. The van der Waals surface area contributed by atoms with E-state index in [0.717, 1.165) is 21.6 Å². The molecular weight excluding hydrogens is 308 g/mol. The molecule has 0 saturated heterocycles. The molecule has 0 radical (unpaired) electrons. The normalized spacial score (nSPS) is 10.9. The van der Waals surface area contributed by atoms with Crippen molar-refractivity contribution in [1.29, 1.82) is 0 Å². The molecule has 0 fully saturated rings. The monoisotopic (exact) mass is 322 g/mol. The Balaban J connectivity index is 2.06. The summed E-state index contributed by atoms with van der Waals surface area (Å²) in [6, 6.07) is 11.7. The zero-order chi connectivity index (χ0) is 13.8. The van der Waals surface area contributed by atoms with Gasteiger partial charge in [-0.1, -0.05) is 28.1 Å². The molecule has 2 aromatic rings. The van der Waals surface area contributed by atoms with E-state index in [0.29, 0.717) is 6.54 Å². The van der Waals surface area contributed by atoms with Crippen LogP contribution in [0.5, 0.6) is 0 Å². The van der Waals surface area contributed by atoms with Gasteiger partial charge in [-0.2, -0.15) is 0 Å². The summed E-state index contributed by atoms with van der Waals surface area (Å²) in [4.78, 5) is 12.6. The molecule has 5 heteroatoms. The summed E-state index contributed by atoms with van der Waals surface area (Å²) in [6.07, 6.45) is 0. The number of hydrogen-bond donors (Lipinski definition) is 1.